The average Bonchev–Trinajstić information content (AvgIpc) is 3.22. The summed E-state index contributed by atoms with van der Waals surface area (Å²) in [6.07, 6.45) is 0. The molecule has 3 nitrogen and oxygen atoms in total. The lowest BCUT2D eigenvalue weighted by molar-refractivity contribution is 1.13. The van der Waals surface area contributed by atoms with Gasteiger partial charge >= 0.3 is 0 Å². The number of hydrogen-bond donors (Lipinski definition) is 0. The van der Waals surface area contributed by atoms with Crippen LogP contribution in [0.15, 0.2) is 102 Å². The minimum atomic E-state index is -0.0240. The number of aromatic nitrogens is 2. The molecule has 0 saturated heterocycles. The Morgan fingerprint density at radius 1 is 0.613 bits per heavy atom. The van der Waals surface area contributed by atoms with Gasteiger partial charge in [0.05, 0.1) is 11.0 Å². The van der Waals surface area contributed by atoms with Crippen LogP contribution in [-0.2, 0) is 0 Å². The van der Waals surface area contributed by atoms with Crippen LogP contribution in [0.4, 0.5) is 0 Å². The smallest absolute Gasteiger partial charge is 0.264 e. The van der Waals surface area contributed by atoms with Crippen molar-refractivity contribution in [2.24, 2.45) is 0 Å². The van der Waals surface area contributed by atoms with Gasteiger partial charge in [0.1, 0.15) is 5.82 Å². The van der Waals surface area contributed by atoms with Crippen LogP contribution in [0.1, 0.15) is 0 Å². The minimum absolute atomic E-state index is 0.0240. The zero-order valence-corrected chi connectivity index (χ0v) is 16.5. The third-order valence-corrected chi connectivity index (χ3v) is 6.31. The summed E-state index contributed by atoms with van der Waals surface area (Å²) in [5, 5.41) is 7.47. The topological polar surface area (TPSA) is 34.4 Å². The molecule has 0 radical (unpaired) electrons. The lowest BCUT2D eigenvalue weighted by Gasteiger charge is -2.12. The number of nitrogens with zero attached hydrogens (tertiary/aromatic N) is 2. The van der Waals surface area contributed by atoms with Crippen LogP contribution < -0.4 is 5.56 Å². The largest absolute Gasteiger partial charge is 0.268 e. The molecule has 0 N–H and O–H groups in total. The molecule has 0 aliphatic rings. The summed E-state index contributed by atoms with van der Waals surface area (Å²) >= 11 is 0. The molecule has 2 heterocycles. The summed E-state index contributed by atoms with van der Waals surface area (Å²) in [5.41, 5.74) is 2.65. The molecule has 0 aliphatic heterocycles. The molecule has 0 amide bonds. The van der Waals surface area contributed by atoms with E-state index in [2.05, 4.69) is 48.5 Å². The van der Waals surface area contributed by atoms with Gasteiger partial charge in [-0.3, -0.25) is 9.20 Å². The van der Waals surface area contributed by atoms with Crippen molar-refractivity contribution in [2.45, 2.75) is 0 Å². The lowest BCUT2D eigenvalue weighted by atomic mass is 9.95. The van der Waals surface area contributed by atoms with Crippen molar-refractivity contribution in [1.82, 2.24) is 9.38 Å². The first kappa shape index (κ1) is 16.5. The molecule has 0 unspecified atom stereocenters. The normalized spacial score (nSPS) is 12.0. The first-order chi connectivity index (χ1) is 15.3. The Balaban J connectivity index is 1.86. The number of imidazole rings is 1. The highest BCUT2D eigenvalue weighted by molar-refractivity contribution is 6.30. The predicted molar refractivity (Wildman–Crippen MR) is 128 cm³/mol. The second-order valence-corrected chi connectivity index (χ2v) is 7.99. The standard InChI is InChI=1S/C28H16N2O/c31-28-22-13-7-6-12-21(22)25-24-19(15-14-17-8-4-5-11-20(17)24)16-23-26(25)30(28)27(29-23)18-9-2-1-3-10-18/h1-16H. The number of fused-ring (bicyclic) bond motifs is 6. The zero-order valence-electron chi connectivity index (χ0n) is 16.5. The first-order valence-corrected chi connectivity index (χ1v) is 10.4. The maximum absolute atomic E-state index is 13.7. The van der Waals surface area contributed by atoms with Gasteiger partial charge in [-0.15, -0.1) is 0 Å². The summed E-state index contributed by atoms with van der Waals surface area (Å²) < 4.78 is 1.81. The van der Waals surface area contributed by atoms with Crippen molar-refractivity contribution < 1.29 is 0 Å². The fourth-order valence-electron chi connectivity index (χ4n) is 4.98. The van der Waals surface area contributed by atoms with E-state index >= 15 is 0 Å². The van der Waals surface area contributed by atoms with Crippen LogP contribution in [0.25, 0.3) is 60.1 Å². The molecule has 3 heteroatoms. The monoisotopic (exact) mass is 396 g/mol. The highest BCUT2D eigenvalue weighted by atomic mass is 16.1. The Bertz CT molecular complexity index is 1850. The van der Waals surface area contributed by atoms with Gasteiger partial charge in [0.25, 0.3) is 5.56 Å². The minimum Gasteiger partial charge on any atom is -0.268 e. The number of rotatable bonds is 1. The van der Waals surface area contributed by atoms with Gasteiger partial charge in [-0.25, -0.2) is 4.98 Å². The van der Waals surface area contributed by atoms with Crippen molar-refractivity contribution in [2.75, 3.05) is 0 Å². The Morgan fingerprint density at radius 3 is 2.13 bits per heavy atom. The van der Waals surface area contributed by atoms with Crippen LogP contribution in [0.5, 0.6) is 0 Å². The number of hydrogen-bond acceptors (Lipinski definition) is 2. The molecule has 2 aromatic heterocycles. The maximum atomic E-state index is 13.7. The van der Waals surface area contributed by atoms with Crippen LogP contribution in [0.3, 0.4) is 0 Å². The molecule has 0 saturated carbocycles. The van der Waals surface area contributed by atoms with E-state index in [1.165, 1.54) is 16.2 Å². The highest BCUT2D eigenvalue weighted by Crippen LogP contribution is 2.39. The SMILES string of the molecule is O=c1c2ccccc2c2c3c(ccc4ccccc43)cc3nc(-c4ccccc4)n1c32. The van der Waals surface area contributed by atoms with Crippen LogP contribution in [0, 0.1) is 0 Å². The predicted octanol–water partition coefficient (Wildman–Crippen LogP) is 6.41. The molecule has 0 fully saturated rings. The molecular formula is C28H16N2O. The van der Waals surface area contributed by atoms with Crippen molar-refractivity contribution in [3.8, 4) is 11.4 Å². The summed E-state index contributed by atoms with van der Waals surface area (Å²) in [5.74, 6) is 0.691. The summed E-state index contributed by atoms with van der Waals surface area (Å²) in [6.45, 7) is 0. The fraction of sp³-hybridized carbons (Fsp3) is 0. The third-order valence-electron chi connectivity index (χ3n) is 6.31. The molecule has 0 aliphatic carbocycles. The molecule has 144 valence electrons. The van der Waals surface area contributed by atoms with Gasteiger partial charge < -0.3 is 0 Å². The van der Waals surface area contributed by atoms with Gasteiger partial charge in [-0.05, 0) is 39.1 Å². The average molecular weight is 396 g/mol. The van der Waals surface area contributed by atoms with E-state index < -0.39 is 0 Å². The third kappa shape index (κ3) is 2.12. The van der Waals surface area contributed by atoms with Gasteiger partial charge in [0.15, 0.2) is 0 Å². The Morgan fingerprint density at radius 2 is 1.29 bits per heavy atom. The van der Waals surface area contributed by atoms with E-state index in [4.69, 9.17) is 4.98 Å². The fourth-order valence-corrected chi connectivity index (χ4v) is 4.98. The van der Waals surface area contributed by atoms with E-state index in [0.717, 1.165) is 32.8 Å². The second kappa shape index (κ2) is 5.89. The van der Waals surface area contributed by atoms with E-state index in [9.17, 15) is 4.79 Å². The summed E-state index contributed by atoms with van der Waals surface area (Å²) in [4.78, 5) is 18.6. The number of benzene rings is 5. The van der Waals surface area contributed by atoms with Crippen molar-refractivity contribution in [1.29, 1.82) is 0 Å². The Kier molecular flexibility index (Phi) is 3.15. The van der Waals surface area contributed by atoms with Crippen LogP contribution in [0.2, 0.25) is 0 Å². The van der Waals surface area contributed by atoms with Gasteiger partial charge in [0.2, 0.25) is 0 Å². The molecular weight excluding hydrogens is 380 g/mol. The second-order valence-electron chi connectivity index (χ2n) is 7.99. The molecule has 0 spiro atoms. The van der Waals surface area contributed by atoms with E-state index in [1.807, 2.05) is 52.9 Å². The molecule has 5 aromatic carbocycles. The van der Waals surface area contributed by atoms with E-state index in [-0.39, 0.29) is 5.56 Å². The zero-order chi connectivity index (χ0) is 20.5. The van der Waals surface area contributed by atoms with Gasteiger partial charge in [0, 0.05) is 16.3 Å². The Hall–Kier alpha value is -4.24. The number of pyridine rings is 1. The summed E-state index contributed by atoms with van der Waals surface area (Å²) in [6, 6.07) is 32.7. The van der Waals surface area contributed by atoms with Crippen LogP contribution >= 0.6 is 0 Å². The Labute approximate surface area is 177 Å². The van der Waals surface area contributed by atoms with Crippen molar-refractivity contribution in [3.63, 3.8) is 0 Å². The maximum Gasteiger partial charge on any atom is 0.264 e. The van der Waals surface area contributed by atoms with Gasteiger partial charge in [-0.2, -0.15) is 0 Å². The quantitative estimate of drug-likeness (QED) is 0.300. The molecule has 0 bridgehead atoms. The highest BCUT2D eigenvalue weighted by Gasteiger charge is 2.21. The van der Waals surface area contributed by atoms with Gasteiger partial charge in [-0.1, -0.05) is 84.9 Å². The molecule has 31 heavy (non-hydrogen) atoms. The van der Waals surface area contributed by atoms with Crippen molar-refractivity contribution in [3.05, 3.63) is 107 Å². The molecule has 7 rings (SSSR count). The van der Waals surface area contributed by atoms with E-state index in [0.29, 0.717) is 11.2 Å². The van der Waals surface area contributed by atoms with Crippen molar-refractivity contribution >= 4 is 48.7 Å². The molecule has 0 atom stereocenters. The molecule has 7 aromatic rings. The lowest BCUT2D eigenvalue weighted by Crippen LogP contribution is -2.14. The van der Waals surface area contributed by atoms with E-state index in [1.54, 1.807) is 0 Å². The summed E-state index contributed by atoms with van der Waals surface area (Å²) in [7, 11) is 0. The van der Waals surface area contributed by atoms with Crippen LogP contribution in [-0.4, -0.2) is 9.38 Å². The first-order valence-electron chi connectivity index (χ1n) is 10.4.